The quantitative estimate of drug-likeness (QED) is 0.825. The molecule has 0 radical (unpaired) electrons. The summed E-state index contributed by atoms with van der Waals surface area (Å²) in [6, 6.07) is 3.79. The van der Waals surface area contributed by atoms with Crippen LogP contribution in [0.3, 0.4) is 0 Å². The molecule has 5 nitrogen and oxygen atoms in total. The summed E-state index contributed by atoms with van der Waals surface area (Å²) in [5.41, 5.74) is 1.41. The lowest BCUT2D eigenvalue weighted by Gasteiger charge is -2.09. The van der Waals surface area contributed by atoms with Gasteiger partial charge in [0.1, 0.15) is 10.7 Å². The second kappa shape index (κ2) is 7.12. The summed E-state index contributed by atoms with van der Waals surface area (Å²) in [7, 11) is 4.03. The van der Waals surface area contributed by atoms with E-state index in [1.54, 1.807) is 17.8 Å². The predicted molar refractivity (Wildman–Crippen MR) is 80.8 cm³/mol. The molecule has 1 amide bonds. The number of nitrogens with zero attached hydrogens (tertiary/aromatic N) is 3. The maximum absolute atomic E-state index is 11.9. The van der Waals surface area contributed by atoms with Crippen LogP contribution in [0.1, 0.15) is 16.9 Å². The predicted octanol–water partition coefficient (Wildman–Crippen LogP) is 1.89. The molecule has 20 heavy (non-hydrogen) atoms. The maximum Gasteiger partial charge on any atom is 0.270 e. The van der Waals surface area contributed by atoms with Crippen LogP contribution in [0.2, 0.25) is 0 Å². The summed E-state index contributed by atoms with van der Waals surface area (Å²) in [6.07, 6.45) is 4.39. The Hall–Kier alpha value is -1.79. The zero-order valence-corrected chi connectivity index (χ0v) is 12.5. The molecule has 0 aliphatic rings. The highest BCUT2D eigenvalue weighted by atomic mass is 32.1. The van der Waals surface area contributed by atoms with Crippen LogP contribution in [0.5, 0.6) is 0 Å². The van der Waals surface area contributed by atoms with Crippen molar-refractivity contribution >= 4 is 17.2 Å². The van der Waals surface area contributed by atoms with Crippen molar-refractivity contribution in [3.05, 3.63) is 35.6 Å². The van der Waals surface area contributed by atoms with Gasteiger partial charge in [0.25, 0.3) is 5.91 Å². The molecule has 2 aromatic rings. The number of carbonyl (C=O) groups excluding carboxylic acids is 1. The number of rotatable bonds is 6. The van der Waals surface area contributed by atoms with Crippen molar-refractivity contribution in [3.63, 3.8) is 0 Å². The Morgan fingerprint density at radius 2 is 2.30 bits per heavy atom. The second-order valence-corrected chi connectivity index (χ2v) is 5.55. The Morgan fingerprint density at radius 3 is 3.00 bits per heavy atom. The topological polar surface area (TPSA) is 58.1 Å². The van der Waals surface area contributed by atoms with Gasteiger partial charge >= 0.3 is 0 Å². The molecule has 0 unspecified atom stereocenters. The largest absolute Gasteiger partial charge is 0.351 e. The lowest BCUT2D eigenvalue weighted by atomic mass is 10.3. The normalized spacial score (nSPS) is 10.8. The van der Waals surface area contributed by atoms with E-state index >= 15 is 0 Å². The maximum atomic E-state index is 11.9. The Kier molecular flexibility index (Phi) is 5.20. The summed E-state index contributed by atoms with van der Waals surface area (Å²) in [4.78, 5) is 22.4. The summed E-state index contributed by atoms with van der Waals surface area (Å²) in [6.45, 7) is 1.62. The minimum Gasteiger partial charge on any atom is -0.351 e. The van der Waals surface area contributed by atoms with Crippen LogP contribution in [-0.4, -0.2) is 48.0 Å². The van der Waals surface area contributed by atoms with Gasteiger partial charge in [0, 0.05) is 29.9 Å². The first kappa shape index (κ1) is 14.6. The Morgan fingerprint density at radius 1 is 1.45 bits per heavy atom. The Labute approximate surface area is 122 Å². The molecule has 0 aliphatic carbocycles. The summed E-state index contributed by atoms with van der Waals surface area (Å²) < 4.78 is 0. The number of carbonyl (C=O) groups is 1. The van der Waals surface area contributed by atoms with Crippen molar-refractivity contribution in [3.8, 4) is 10.6 Å². The van der Waals surface area contributed by atoms with E-state index in [-0.39, 0.29) is 5.91 Å². The van der Waals surface area contributed by atoms with Crippen LogP contribution in [0.15, 0.2) is 29.9 Å². The molecule has 0 bridgehead atoms. The molecule has 2 aromatic heterocycles. The molecule has 1 N–H and O–H groups in total. The smallest absolute Gasteiger partial charge is 0.270 e. The molecule has 0 saturated carbocycles. The number of amides is 1. The summed E-state index contributed by atoms with van der Waals surface area (Å²) in [5, 5.41) is 5.48. The van der Waals surface area contributed by atoms with Gasteiger partial charge in [-0.05, 0) is 39.2 Å². The van der Waals surface area contributed by atoms with Crippen molar-refractivity contribution < 1.29 is 4.79 Å². The minimum atomic E-state index is -0.116. The molecule has 6 heteroatoms. The van der Waals surface area contributed by atoms with Crippen LogP contribution < -0.4 is 5.32 Å². The fourth-order valence-corrected chi connectivity index (χ4v) is 2.48. The third kappa shape index (κ3) is 4.11. The number of nitrogens with one attached hydrogen (secondary N) is 1. The van der Waals surface area contributed by atoms with Crippen LogP contribution in [0, 0.1) is 0 Å². The van der Waals surface area contributed by atoms with E-state index in [1.807, 2.05) is 26.2 Å². The van der Waals surface area contributed by atoms with Gasteiger partial charge < -0.3 is 10.2 Å². The third-order valence-corrected chi connectivity index (χ3v) is 3.60. The highest BCUT2D eigenvalue weighted by molar-refractivity contribution is 7.13. The monoisotopic (exact) mass is 290 g/mol. The standard InChI is InChI=1S/C14H18N4OS/c1-18(2)8-4-7-16-13(19)12-10-20-14(17-12)11-5-3-6-15-9-11/h3,5-6,9-10H,4,7-8H2,1-2H3,(H,16,19). The minimum absolute atomic E-state index is 0.116. The lowest BCUT2D eigenvalue weighted by Crippen LogP contribution is -2.27. The third-order valence-electron chi connectivity index (χ3n) is 2.71. The molecular formula is C14H18N4OS. The number of aromatic nitrogens is 2. The highest BCUT2D eigenvalue weighted by Gasteiger charge is 2.11. The molecule has 0 fully saturated rings. The zero-order chi connectivity index (χ0) is 14.4. The molecule has 0 aromatic carbocycles. The van der Waals surface area contributed by atoms with Gasteiger partial charge in [-0.2, -0.15) is 0 Å². The van der Waals surface area contributed by atoms with Crippen LogP contribution in [0.4, 0.5) is 0 Å². The lowest BCUT2D eigenvalue weighted by molar-refractivity contribution is 0.0948. The summed E-state index contributed by atoms with van der Waals surface area (Å²) in [5.74, 6) is -0.116. The fraction of sp³-hybridized carbons (Fsp3) is 0.357. The van der Waals surface area contributed by atoms with Gasteiger partial charge in [-0.3, -0.25) is 9.78 Å². The molecule has 106 valence electrons. The number of pyridine rings is 1. The Bertz CT molecular complexity index is 553. The first-order chi connectivity index (χ1) is 9.66. The van der Waals surface area contributed by atoms with E-state index < -0.39 is 0 Å². The van der Waals surface area contributed by atoms with E-state index in [0.29, 0.717) is 12.2 Å². The molecule has 0 saturated heterocycles. The summed E-state index contributed by atoms with van der Waals surface area (Å²) >= 11 is 1.45. The average molecular weight is 290 g/mol. The van der Waals surface area contributed by atoms with Gasteiger partial charge in [-0.15, -0.1) is 11.3 Å². The van der Waals surface area contributed by atoms with Crippen molar-refractivity contribution in [2.24, 2.45) is 0 Å². The number of thiazole rings is 1. The second-order valence-electron chi connectivity index (χ2n) is 4.69. The van der Waals surface area contributed by atoms with Gasteiger partial charge in [0.2, 0.25) is 0 Å². The molecule has 0 spiro atoms. The van der Waals surface area contributed by atoms with E-state index in [0.717, 1.165) is 23.5 Å². The van der Waals surface area contributed by atoms with Crippen LogP contribution >= 0.6 is 11.3 Å². The first-order valence-corrected chi connectivity index (χ1v) is 7.33. The van der Waals surface area contributed by atoms with Crippen molar-refractivity contribution in [2.45, 2.75) is 6.42 Å². The van der Waals surface area contributed by atoms with Gasteiger partial charge in [-0.25, -0.2) is 4.98 Å². The van der Waals surface area contributed by atoms with Gasteiger partial charge in [0.05, 0.1) is 0 Å². The number of hydrogen-bond acceptors (Lipinski definition) is 5. The van der Waals surface area contributed by atoms with Crippen LogP contribution in [0.25, 0.3) is 10.6 Å². The van der Waals surface area contributed by atoms with Crippen LogP contribution in [-0.2, 0) is 0 Å². The van der Waals surface area contributed by atoms with Crippen molar-refractivity contribution in [2.75, 3.05) is 27.2 Å². The number of hydrogen-bond donors (Lipinski definition) is 1. The first-order valence-electron chi connectivity index (χ1n) is 6.45. The Balaban J connectivity index is 1.90. The van der Waals surface area contributed by atoms with E-state index in [2.05, 4.69) is 20.2 Å². The molecular weight excluding hydrogens is 272 g/mol. The average Bonchev–Trinajstić information content (AvgIpc) is 2.94. The molecule has 0 atom stereocenters. The highest BCUT2D eigenvalue weighted by Crippen LogP contribution is 2.22. The van der Waals surface area contributed by atoms with Crippen molar-refractivity contribution in [1.29, 1.82) is 0 Å². The van der Waals surface area contributed by atoms with E-state index in [4.69, 9.17) is 0 Å². The van der Waals surface area contributed by atoms with Gasteiger partial charge in [0.15, 0.2) is 0 Å². The van der Waals surface area contributed by atoms with Gasteiger partial charge in [-0.1, -0.05) is 0 Å². The zero-order valence-electron chi connectivity index (χ0n) is 11.7. The SMILES string of the molecule is CN(C)CCCNC(=O)c1csc(-c2cccnc2)n1. The van der Waals surface area contributed by atoms with E-state index in [1.165, 1.54) is 11.3 Å². The van der Waals surface area contributed by atoms with Crippen molar-refractivity contribution in [1.82, 2.24) is 20.2 Å². The van der Waals surface area contributed by atoms with E-state index in [9.17, 15) is 4.79 Å². The fourth-order valence-electron chi connectivity index (χ4n) is 1.69. The molecule has 0 aliphatic heterocycles. The molecule has 2 rings (SSSR count). The molecule has 2 heterocycles.